The maximum atomic E-state index is 12.7. The molecule has 1 aliphatic heterocycles. The summed E-state index contributed by atoms with van der Waals surface area (Å²) in [6.45, 7) is 1.13. The number of aryl methyl sites for hydroxylation is 1. The molecule has 0 spiro atoms. The third kappa shape index (κ3) is 3.32. The van der Waals surface area contributed by atoms with E-state index < -0.39 is 11.9 Å². The molecule has 0 unspecified atom stereocenters. The molecule has 9 heteroatoms. The fraction of sp³-hybridized carbons (Fsp3) is 0.467. The van der Waals surface area contributed by atoms with Crippen LogP contribution in [0.15, 0.2) is 18.6 Å². The molecule has 126 valence electrons. The van der Waals surface area contributed by atoms with E-state index in [9.17, 15) is 13.2 Å². The quantitative estimate of drug-likeness (QED) is 0.860. The van der Waals surface area contributed by atoms with Gasteiger partial charge >= 0.3 is 6.18 Å². The number of imidazole rings is 1. The highest BCUT2D eigenvalue weighted by molar-refractivity contribution is 5.36. The lowest BCUT2D eigenvalue weighted by Crippen LogP contribution is -2.32. The van der Waals surface area contributed by atoms with Crippen molar-refractivity contribution in [2.24, 2.45) is 5.92 Å². The predicted molar refractivity (Wildman–Crippen MR) is 79.1 cm³/mol. The predicted octanol–water partition coefficient (Wildman–Crippen LogP) is 2.26. The average Bonchev–Trinajstić information content (AvgIpc) is 2.98. The molecule has 2 aromatic rings. The number of halogens is 3. The minimum absolute atomic E-state index is 0.190. The molecule has 0 bridgehead atoms. The number of nitrogens with zero attached hydrogens (tertiary/aromatic N) is 6. The Morgan fingerprint density at radius 1 is 1.38 bits per heavy atom. The number of aromatic nitrogens is 4. The third-order valence-corrected chi connectivity index (χ3v) is 4.06. The summed E-state index contributed by atoms with van der Waals surface area (Å²) in [6.07, 6.45) is 0.885. The van der Waals surface area contributed by atoms with Gasteiger partial charge in [-0.05, 0) is 12.3 Å². The molecular weight excluding hydrogens is 321 g/mol. The first kappa shape index (κ1) is 16.2. The van der Waals surface area contributed by atoms with Gasteiger partial charge in [0.25, 0.3) is 0 Å². The highest BCUT2D eigenvalue weighted by Gasteiger charge is 2.35. The van der Waals surface area contributed by atoms with Gasteiger partial charge in [-0.2, -0.15) is 18.4 Å². The second-order valence-electron chi connectivity index (χ2n) is 5.85. The van der Waals surface area contributed by atoms with E-state index >= 15 is 0 Å². The lowest BCUT2D eigenvalue weighted by molar-refractivity contribution is -0.141. The second-order valence-corrected chi connectivity index (χ2v) is 5.85. The number of rotatable bonds is 3. The van der Waals surface area contributed by atoms with Gasteiger partial charge in [-0.1, -0.05) is 0 Å². The summed E-state index contributed by atoms with van der Waals surface area (Å²) in [5, 5.41) is 8.73. The van der Waals surface area contributed by atoms with E-state index in [1.165, 1.54) is 12.4 Å². The topological polar surface area (TPSA) is 70.6 Å². The van der Waals surface area contributed by atoms with Gasteiger partial charge in [-0.25, -0.2) is 15.0 Å². The summed E-state index contributed by atoms with van der Waals surface area (Å²) in [6, 6.07) is 1.91. The molecule has 1 aliphatic rings. The van der Waals surface area contributed by atoms with Crippen molar-refractivity contribution in [3.8, 4) is 6.07 Å². The molecule has 3 heterocycles. The van der Waals surface area contributed by atoms with Gasteiger partial charge < -0.3 is 9.47 Å². The third-order valence-electron chi connectivity index (χ3n) is 4.06. The van der Waals surface area contributed by atoms with Crippen LogP contribution in [0.4, 0.5) is 19.0 Å². The molecule has 0 fully saturated rings. The van der Waals surface area contributed by atoms with Gasteiger partial charge in [0.05, 0.1) is 12.4 Å². The highest BCUT2D eigenvalue weighted by Crippen LogP contribution is 2.31. The molecule has 3 rings (SSSR count). The van der Waals surface area contributed by atoms with Crippen molar-refractivity contribution < 1.29 is 13.2 Å². The Bertz CT molecular complexity index is 759. The SMILES string of the molecule is CN(C[C@H]1CCc2nc(C(F)(F)F)cn2C1)c1cnc(C#N)cn1. The van der Waals surface area contributed by atoms with Crippen LogP contribution in [0.3, 0.4) is 0 Å². The summed E-state index contributed by atoms with van der Waals surface area (Å²) in [4.78, 5) is 13.7. The first-order valence-electron chi connectivity index (χ1n) is 7.43. The fourth-order valence-corrected chi connectivity index (χ4v) is 2.86. The number of hydrogen-bond donors (Lipinski definition) is 0. The summed E-state index contributed by atoms with van der Waals surface area (Å²) < 4.78 is 39.8. The Balaban J connectivity index is 1.67. The first-order chi connectivity index (χ1) is 11.4. The van der Waals surface area contributed by atoms with Crippen molar-refractivity contribution in [2.75, 3.05) is 18.5 Å². The largest absolute Gasteiger partial charge is 0.434 e. The number of fused-ring (bicyclic) bond motifs is 1. The van der Waals surface area contributed by atoms with Gasteiger partial charge in [0.2, 0.25) is 0 Å². The molecule has 0 aliphatic carbocycles. The van der Waals surface area contributed by atoms with Crippen LogP contribution in [0.2, 0.25) is 0 Å². The highest BCUT2D eigenvalue weighted by atomic mass is 19.4. The zero-order valence-electron chi connectivity index (χ0n) is 13.0. The molecule has 0 N–H and O–H groups in total. The van der Waals surface area contributed by atoms with Crippen molar-refractivity contribution in [3.05, 3.63) is 35.8 Å². The maximum Gasteiger partial charge on any atom is 0.434 e. The Morgan fingerprint density at radius 2 is 2.17 bits per heavy atom. The molecule has 0 radical (unpaired) electrons. The molecule has 24 heavy (non-hydrogen) atoms. The minimum Gasteiger partial charge on any atom is -0.358 e. The minimum atomic E-state index is -4.41. The van der Waals surface area contributed by atoms with Crippen LogP contribution in [-0.4, -0.2) is 33.1 Å². The summed E-state index contributed by atoms with van der Waals surface area (Å²) in [7, 11) is 1.85. The smallest absolute Gasteiger partial charge is 0.358 e. The molecule has 2 aromatic heterocycles. The van der Waals surface area contributed by atoms with Gasteiger partial charge in [0, 0.05) is 32.8 Å². The second kappa shape index (κ2) is 6.11. The van der Waals surface area contributed by atoms with Crippen LogP contribution in [0, 0.1) is 17.2 Å². The van der Waals surface area contributed by atoms with Crippen LogP contribution < -0.4 is 4.90 Å². The molecule has 0 amide bonds. The van der Waals surface area contributed by atoms with E-state index in [-0.39, 0.29) is 11.6 Å². The molecule has 0 aromatic carbocycles. The Hall–Kier alpha value is -2.63. The maximum absolute atomic E-state index is 12.7. The zero-order valence-corrected chi connectivity index (χ0v) is 13.0. The molecule has 1 atom stereocenters. The summed E-state index contributed by atoms with van der Waals surface area (Å²) in [5.74, 6) is 1.30. The van der Waals surface area contributed by atoms with Crippen molar-refractivity contribution in [3.63, 3.8) is 0 Å². The zero-order chi connectivity index (χ0) is 17.3. The molecule has 6 nitrogen and oxygen atoms in total. The monoisotopic (exact) mass is 336 g/mol. The van der Waals surface area contributed by atoms with Gasteiger partial charge in [-0.3, -0.25) is 0 Å². The number of hydrogen-bond acceptors (Lipinski definition) is 5. The van der Waals surface area contributed by atoms with Crippen LogP contribution in [0.1, 0.15) is 23.6 Å². The van der Waals surface area contributed by atoms with Crippen molar-refractivity contribution in [1.82, 2.24) is 19.5 Å². The lowest BCUT2D eigenvalue weighted by atomic mass is 9.99. The van der Waals surface area contributed by atoms with Crippen molar-refractivity contribution in [2.45, 2.75) is 25.6 Å². The van der Waals surface area contributed by atoms with Gasteiger partial charge in [0.15, 0.2) is 11.4 Å². The first-order valence-corrected chi connectivity index (χ1v) is 7.43. The number of nitriles is 1. The van der Waals surface area contributed by atoms with Gasteiger partial charge in [0.1, 0.15) is 17.7 Å². The van der Waals surface area contributed by atoms with Crippen molar-refractivity contribution >= 4 is 5.82 Å². The number of anilines is 1. The summed E-state index contributed by atoms with van der Waals surface area (Å²) in [5.41, 5.74) is -0.586. The van der Waals surface area contributed by atoms with Crippen LogP contribution in [-0.2, 0) is 19.1 Å². The lowest BCUT2D eigenvalue weighted by Gasteiger charge is -2.28. The van der Waals surface area contributed by atoms with Crippen molar-refractivity contribution in [1.29, 1.82) is 5.26 Å². The average molecular weight is 336 g/mol. The van der Waals surface area contributed by atoms with E-state index in [1.807, 2.05) is 18.0 Å². The normalized spacial score (nSPS) is 17.2. The molecule has 0 saturated carbocycles. The van der Waals surface area contributed by atoms with E-state index in [1.54, 1.807) is 4.57 Å². The number of alkyl halides is 3. The molecule has 0 saturated heterocycles. The standard InChI is InChI=1S/C15H15F3N6/c1-23(14-6-20-11(4-19)5-21-14)7-10-2-3-13-22-12(15(16,17)18)9-24(13)8-10/h5-6,9-10H,2-3,7-8H2,1H3/t10-/m1/s1. The Morgan fingerprint density at radius 3 is 2.79 bits per heavy atom. The van der Waals surface area contributed by atoms with Crippen LogP contribution >= 0.6 is 0 Å². The van der Waals surface area contributed by atoms with E-state index in [0.29, 0.717) is 31.2 Å². The van der Waals surface area contributed by atoms with Gasteiger partial charge in [-0.15, -0.1) is 0 Å². The van der Waals surface area contributed by atoms with E-state index in [2.05, 4.69) is 15.0 Å². The van der Waals surface area contributed by atoms with E-state index in [0.717, 1.165) is 12.6 Å². The van der Waals surface area contributed by atoms with Crippen LogP contribution in [0.5, 0.6) is 0 Å². The van der Waals surface area contributed by atoms with Crippen LogP contribution in [0.25, 0.3) is 0 Å². The molecular formula is C15H15F3N6. The Labute approximate surface area is 136 Å². The summed E-state index contributed by atoms with van der Waals surface area (Å²) >= 11 is 0. The van der Waals surface area contributed by atoms with E-state index in [4.69, 9.17) is 5.26 Å². The fourth-order valence-electron chi connectivity index (χ4n) is 2.86. The Kier molecular flexibility index (Phi) is 4.13.